The number of pyridine rings is 4. The zero-order chi connectivity index (χ0) is 100. The van der Waals surface area contributed by atoms with E-state index in [0.717, 1.165) is 60.7 Å². The van der Waals surface area contributed by atoms with E-state index >= 15 is 0 Å². The van der Waals surface area contributed by atoms with Crippen LogP contribution >= 0.6 is 22.6 Å². The van der Waals surface area contributed by atoms with Crippen LogP contribution < -0.4 is 49.9 Å². The number of methoxy groups -OCH3 is 1. The topological polar surface area (TPSA) is 477 Å². The van der Waals surface area contributed by atoms with E-state index in [1.54, 1.807) is 127 Å². The zero-order valence-electron chi connectivity index (χ0n) is 78.3. The summed E-state index contributed by atoms with van der Waals surface area (Å²) in [6.07, 6.45) is 4.69. The molecule has 0 spiro atoms. The minimum Gasteiger partial charge on any atom is -0.508 e. The van der Waals surface area contributed by atoms with Gasteiger partial charge in [-0.2, -0.15) is 20.4 Å². The van der Waals surface area contributed by atoms with Gasteiger partial charge in [-0.25, -0.2) is 58.6 Å². The molecule has 10 aromatic carbocycles. The number of para-hydroxylation sites is 7. The number of aliphatic hydroxyl groups excluding tert-OH is 1. The SMILES string of the molecule is COc1ccccc1-n1c(Cn2nc(C#C[C@@H](C)O)c3c(N)ncnc32)cc2cccc(C)c2c1=O.Cc1cccc2cc(Cn3nc(-c4cccc(O)c4)c4c(N)ncnc43)n(-c3ccccc3C(C)C)c(=O)c12.Cc1cccc2cc(Cn3nc(-c4cccc(O)c4)c4c(N)ncnc43)n(-c3ccccc3O)c(=O)c12.Cc1cccc2cc(Cn3nc(I)c4c(N)ncnc43)n(-c3ccccc3O)c(=O)c12. The first-order chi connectivity index (χ1) is 69.1. The third-order valence-corrected chi connectivity index (χ3v) is 25.5. The summed E-state index contributed by atoms with van der Waals surface area (Å²) >= 11 is 2.10. The fourth-order valence-corrected chi connectivity index (χ4v) is 19.1. The van der Waals surface area contributed by atoms with Crippen LogP contribution in [-0.4, -0.2) is 136 Å². The number of hydrogen-bond acceptors (Lipinski definition) is 26. The summed E-state index contributed by atoms with van der Waals surface area (Å²) < 4.78 is 19.5. The van der Waals surface area contributed by atoms with Gasteiger partial charge in [-0.3, -0.25) is 37.4 Å². The molecule has 12 heterocycles. The number of nitrogen functional groups attached to an aromatic ring is 4. The molecule has 0 aliphatic carbocycles. The molecule has 0 radical (unpaired) electrons. The lowest BCUT2D eigenvalue weighted by Crippen LogP contribution is -2.25. The van der Waals surface area contributed by atoms with E-state index in [4.69, 9.17) is 37.9 Å². The quantitative estimate of drug-likeness (QED) is 0.0320. The molecule has 35 heteroatoms. The smallest absolute Gasteiger partial charge is 0.263 e. The molecule has 710 valence electrons. The second-order valence-electron chi connectivity index (χ2n) is 34.5. The Balaban J connectivity index is 0.000000121. The second-order valence-corrected chi connectivity index (χ2v) is 35.5. The number of aryl methyl sites for hydroxylation is 4. The standard InChI is InChI=1S/C31H28N6O2.C28H22N6O3.C27H24N6O3.C22H17IN6O2/c1-18(2)24-12-4-5-13-25(24)37-22(14-20-9-6-8-19(3)26(20)31(37)39)16-36-30-27(29(32)33-17-34-30)28(35-36)21-10-7-11-23(38)15-21;1-16-6-4-7-17-12-19(34(28(37)23(16)17)21-10-2-3-11-22(21)36)14-33-27-24(26(29)30-15-31-27)25(32-33)18-8-5-9-20(35)13-18;1-16-7-6-8-18-13-19(33(27(35)23(16)18)21-9-4-5-10-22(21)36-3)14-32-26-24(25(28)29-15-30-26)20(31-32)12-11-17(2)34;1-12-5-4-6-13-9-14(10-28-21-18(19(23)27-28)20(24)25-11-26-21)29(22(31)17(12)13)15-7-2-3-8-16(15)30/h4-15,17-18,38H,16H2,1-3H3,(H2,32,33,34);2-13,15,35-36H,14H2,1H3,(H2,29,30,31);4-10,13,15,17,34H,14H2,1-3H3,(H2,28,29,30);2-9,11,30H,10H2,1H3,(H2,24,25,26)/t;;17-;/m..1./s1. The first-order valence-corrected chi connectivity index (χ1v) is 46.4. The minimum absolute atomic E-state index is 0.0175. The monoisotopic (exact) mass is 2010 g/mol. The molecule has 13 N–H and O–H groups in total. The predicted octanol–water partition coefficient (Wildman–Crippen LogP) is 15.9. The van der Waals surface area contributed by atoms with Gasteiger partial charge in [0.15, 0.2) is 22.6 Å². The van der Waals surface area contributed by atoms with E-state index < -0.39 is 6.10 Å². The minimum atomic E-state index is -0.837. The van der Waals surface area contributed by atoms with Gasteiger partial charge in [-0.05, 0) is 209 Å². The van der Waals surface area contributed by atoms with Gasteiger partial charge in [0, 0.05) is 33.9 Å². The molecule has 0 amide bonds. The number of aromatic hydroxyl groups is 4. The highest BCUT2D eigenvalue weighted by molar-refractivity contribution is 14.1. The number of aromatic nitrogens is 20. The highest BCUT2D eigenvalue weighted by Gasteiger charge is 2.28. The molecule has 12 aromatic heterocycles. The van der Waals surface area contributed by atoms with Crippen molar-refractivity contribution in [1.82, 2.24) is 97.3 Å². The zero-order valence-corrected chi connectivity index (χ0v) is 80.5. The van der Waals surface area contributed by atoms with E-state index in [0.29, 0.717) is 149 Å². The Morgan fingerprint density at radius 1 is 0.357 bits per heavy atom. The van der Waals surface area contributed by atoms with Crippen molar-refractivity contribution in [1.29, 1.82) is 0 Å². The normalized spacial score (nSPS) is 11.6. The fourth-order valence-electron chi connectivity index (χ4n) is 18.3. The van der Waals surface area contributed by atoms with Crippen molar-refractivity contribution in [2.24, 2.45) is 0 Å². The van der Waals surface area contributed by atoms with E-state index in [1.807, 2.05) is 179 Å². The lowest BCUT2D eigenvalue weighted by Gasteiger charge is -2.20. The van der Waals surface area contributed by atoms with Crippen LogP contribution in [0.4, 0.5) is 23.3 Å². The maximum atomic E-state index is 14.2. The molecule has 0 fully saturated rings. The number of rotatable bonds is 16. The Labute approximate surface area is 827 Å². The molecule has 34 nitrogen and oxygen atoms in total. The molecular weight excluding hydrogens is 1920 g/mol. The first-order valence-electron chi connectivity index (χ1n) is 45.3. The van der Waals surface area contributed by atoms with Crippen LogP contribution in [-0.2, 0) is 26.2 Å². The van der Waals surface area contributed by atoms with Crippen LogP contribution in [0.3, 0.4) is 0 Å². The number of phenols is 4. The van der Waals surface area contributed by atoms with Crippen molar-refractivity contribution in [3.8, 4) is 85.9 Å². The molecular formula is C108H91IN24O10. The predicted molar refractivity (Wildman–Crippen MR) is 562 cm³/mol. The van der Waals surface area contributed by atoms with Crippen LogP contribution in [0.15, 0.2) is 287 Å². The van der Waals surface area contributed by atoms with Gasteiger partial charge >= 0.3 is 0 Å². The number of fused-ring (bicyclic) bond motifs is 8. The summed E-state index contributed by atoms with van der Waals surface area (Å²) in [5.74, 6) is 7.69. The molecule has 143 heavy (non-hydrogen) atoms. The number of nitrogens with two attached hydrogens (primary N) is 4. The summed E-state index contributed by atoms with van der Waals surface area (Å²) in [5, 5.41) is 78.0. The van der Waals surface area contributed by atoms with E-state index in [1.165, 1.54) is 34.4 Å². The van der Waals surface area contributed by atoms with Crippen molar-refractivity contribution in [2.45, 2.75) is 86.7 Å². The van der Waals surface area contributed by atoms with Gasteiger partial charge in [-0.15, -0.1) is 0 Å². The summed E-state index contributed by atoms with van der Waals surface area (Å²) in [6.45, 7) is 14.3. The third kappa shape index (κ3) is 17.8. The second kappa shape index (κ2) is 38.9. The Morgan fingerprint density at radius 3 is 1.08 bits per heavy atom. The van der Waals surface area contributed by atoms with Gasteiger partial charge in [0.05, 0.1) is 99.1 Å². The highest BCUT2D eigenvalue weighted by Crippen LogP contribution is 2.39. The van der Waals surface area contributed by atoms with Crippen molar-refractivity contribution in [3.63, 3.8) is 0 Å². The lowest BCUT2D eigenvalue weighted by molar-refractivity contribution is 0.253. The summed E-state index contributed by atoms with van der Waals surface area (Å²) in [6, 6.07) is 73.4. The Morgan fingerprint density at radius 2 is 0.685 bits per heavy atom. The van der Waals surface area contributed by atoms with Gasteiger partial charge in [0.25, 0.3) is 22.2 Å². The van der Waals surface area contributed by atoms with E-state index in [-0.39, 0.29) is 89.0 Å². The number of nitrogens with zero attached hydrogens (tertiary/aromatic N) is 20. The molecule has 0 unspecified atom stereocenters. The maximum absolute atomic E-state index is 14.2. The van der Waals surface area contributed by atoms with E-state index in [9.17, 15) is 44.7 Å². The molecule has 22 aromatic rings. The number of anilines is 4. The molecule has 0 bridgehead atoms. The van der Waals surface area contributed by atoms with Crippen molar-refractivity contribution in [3.05, 3.63) is 369 Å². The maximum Gasteiger partial charge on any atom is 0.263 e. The Bertz CT molecular complexity index is 9200. The molecule has 0 saturated heterocycles. The number of phenolic OH excluding ortho intramolecular Hbond substituents is 4. The lowest BCUT2D eigenvalue weighted by atomic mass is 10.00. The van der Waals surface area contributed by atoms with Gasteiger partial charge in [0.1, 0.15) is 104 Å². The number of aliphatic hydroxyl groups is 1. The summed E-state index contributed by atoms with van der Waals surface area (Å²) in [7, 11) is 1.57. The van der Waals surface area contributed by atoms with Gasteiger partial charge in [0.2, 0.25) is 0 Å². The van der Waals surface area contributed by atoms with E-state index in [2.05, 4.69) is 104 Å². The first kappa shape index (κ1) is 93.7. The molecule has 0 saturated carbocycles. The van der Waals surface area contributed by atoms with Crippen molar-refractivity contribution in [2.75, 3.05) is 30.0 Å². The molecule has 22 rings (SSSR count). The number of hydrogen-bond donors (Lipinski definition) is 9. The Kier molecular flexibility index (Phi) is 25.5. The molecule has 0 aliphatic heterocycles. The summed E-state index contributed by atoms with van der Waals surface area (Å²) in [4.78, 5) is 89.7. The average Bonchev–Trinajstić information content (AvgIpc) is 1.74. The third-order valence-electron chi connectivity index (χ3n) is 24.8. The average molecular weight is 2010 g/mol. The number of halogens is 1. The number of benzene rings is 10. The number of ether oxygens (including phenoxy) is 1. The Hall–Kier alpha value is -18.3. The van der Waals surface area contributed by atoms with Crippen molar-refractivity contribution < 1.29 is 30.3 Å². The van der Waals surface area contributed by atoms with Crippen LogP contribution in [0.25, 0.3) is 132 Å². The van der Waals surface area contributed by atoms with Gasteiger partial charge < -0.3 is 53.2 Å². The molecule has 0 aliphatic rings. The van der Waals surface area contributed by atoms with Crippen LogP contribution in [0.2, 0.25) is 0 Å². The largest absolute Gasteiger partial charge is 0.508 e. The molecule has 1 atom stereocenters. The van der Waals surface area contributed by atoms with Crippen LogP contribution in [0.1, 0.15) is 83.0 Å². The van der Waals surface area contributed by atoms with Crippen LogP contribution in [0.5, 0.6) is 28.7 Å². The van der Waals surface area contributed by atoms with Crippen molar-refractivity contribution >= 4 is 133 Å². The van der Waals surface area contributed by atoms with Gasteiger partial charge in [-0.1, -0.05) is 171 Å². The highest BCUT2D eigenvalue weighted by atomic mass is 127. The van der Waals surface area contributed by atoms with Crippen LogP contribution in [0, 0.1) is 43.2 Å². The fraction of sp³-hybridized carbons (Fsp3) is 0.130. The summed E-state index contributed by atoms with van der Waals surface area (Å²) in [5.41, 5.74) is 38.4.